The summed E-state index contributed by atoms with van der Waals surface area (Å²) in [7, 11) is 0. The summed E-state index contributed by atoms with van der Waals surface area (Å²) < 4.78 is 5.75. The molecule has 3 N–H and O–H groups in total. The largest absolute Gasteiger partial charge is 0.492 e. The molecular formula is C23H29ClN2O6. The molecule has 1 amide bonds. The average Bonchev–Trinajstić information content (AvgIpc) is 3.33. The second-order valence-electron chi connectivity index (χ2n) is 8.29. The number of carbonyl (C=O) groups is 3. The standard InChI is InChI=1S/C19H25ClN2O2.C4H4O4/c20-16-6-5-15(17-14(16)4-1-13-24-17)18(23)21-10-9-19-7-2-11-22(19)12-3-8-19;5-3(6)1-2-4(7)8/h5-6H,1-4,7-13H2,(H,21,23);1-2H,(H,5,6)(H,7,8). The molecule has 0 unspecified atom stereocenters. The molecule has 8 nitrogen and oxygen atoms in total. The summed E-state index contributed by atoms with van der Waals surface area (Å²) in [6.07, 6.45) is 9.16. The number of nitrogens with zero attached hydrogens (tertiary/aromatic N) is 1. The number of halogens is 1. The van der Waals surface area contributed by atoms with Gasteiger partial charge in [0.1, 0.15) is 5.75 Å². The summed E-state index contributed by atoms with van der Waals surface area (Å²) in [5.74, 6) is -1.86. The first-order valence-corrected chi connectivity index (χ1v) is 11.3. The predicted octanol–water partition coefficient (Wildman–Crippen LogP) is 3.13. The highest BCUT2D eigenvalue weighted by Crippen LogP contribution is 2.41. The molecule has 2 fully saturated rings. The van der Waals surface area contributed by atoms with Crippen LogP contribution in [-0.4, -0.2) is 64.7 Å². The highest BCUT2D eigenvalue weighted by Gasteiger charge is 2.43. The molecule has 4 rings (SSSR count). The first kappa shape index (κ1) is 24.1. The Morgan fingerprint density at radius 3 is 2.38 bits per heavy atom. The van der Waals surface area contributed by atoms with Gasteiger partial charge in [-0.3, -0.25) is 9.69 Å². The summed E-state index contributed by atoms with van der Waals surface area (Å²) in [6.45, 7) is 3.84. The fourth-order valence-corrected chi connectivity index (χ4v) is 5.13. The molecule has 3 heterocycles. The van der Waals surface area contributed by atoms with E-state index in [-0.39, 0.29) is 5.91 Å². The molecule has 3 aliphatic heterocycles. The number of amides is 1. The zero-order valence-electron chi connectivity index (χ0n) is 17.9. The number of rotatable bonds is 6. The van der Waals surface area contributed by atoms with Crippen LogP contribution >= 0.6 is 11.6 Å². The lowest BCUT2D eigenvalue weighted by Crippen LogP contribution is -2.41. The Labute approximate surface area is 192 Å². The summed E-state index contributed by atoms with van der Waals surface area (Å²) >= 11 is 6.25. The van der Waals surface area contributed by atoms with E-state index in [1.54, 1.807) is 6.07 Å². The minimum atomic E-state index is -1.26. The van der Waals surface area contributed by atoms with Crippen molar-refractivity contribution in [3.8, 4) is 5.75 Å². The lowest BCUT2D eigenvalue weighted by atomic mass is 9.90. The molecule has 32 heavy (non-hydrogen) atoms. The van der Waals surface area contributed by atoms with Crippen LogP contribution in [0.4, 0.5) is 0 Å². The molecule has 9 heteroatoms. The number of aliphatic carboxylic acids is 2. The predicted molar refractivity (Wildman–Crippen MR) is 119 cm³/mol. The Morgan fingerprint density at radius 2 is 1.75 bits per heavy atom. The second-order valence-corrected chi connectivity index (χ2v) is 8.70. The van der Waals surface area contributed by atoms with Gasteiger partial charge in [-0.15, -0.1) is 0 Å². The van der Waals surface area contributed by atoms with Gasteiger partial charge in [0.25, 0.3) is 5.91 Å². The number of hydrogen-bond acceptors (Lipinski definition) is 5. The van der Waals surface area contributed by atoms with Crippen LogP contribution in [0.2, 0.25) is 5.02 Å². The van der Waals surface area contributed by atoms with Gasteiger partial charge in [0.15, 0.2) is 0 Å². The van der Waals surface area contributed by atoms with E-state index in [1.165, 1.54) is 38.8 Å². The van der Waals surface area contributed by atoms with Crippen LogP contribution in [0.5, 0.6) is 5.75 Å². The minimum absolute atomic E-state index is 0.0382. The van der Waals surface area contributed by atoms with Gasteiger partial charge in [-0.2, -0.15) is 0 Å². The lowest BCUT2D eigenvalue weighted by Gasteiger charge is -2.32. The maximum absolute atomic E-state index is 12.6. The third kappa shape index (κ3) is 5.81. The number of benzene rings is 1. The Balaban J connectivity index is 0.000000312. The number of carboxylic acid groups (broad SMARTS) is 2. The molecule has 0 radical (unpaired) electrons. The van der Waals surface area contributed by atoms with Gasteiger partial charge < -0.3 is 20.3 Å². The third-order valence-corrected chi connectivity index (χ3v) is 6.68. The smallest absolute Gasteiger partial charge is 0.328 e. The number of carbonyl (C=O) groups excluding carboxylic acids is 1. The van der Waals surface area contributed by atoms with E-state index in [0.29, 0.717) is 40.6 Å². The van der Waals surface area contributed by atoms with Crippen molar-refractivity contribution in [2.45, 2.75) is 50.5 Å². The molecule has 0 atom stereocenters. The molecule has 1 aromatic carbocycles. The monoisotopic (exact) mass is 464 g/mol. The number of nitrogens with one attached hydrogen (secondary N) is 1. The van der Waals surface area contributed by atoms with E-state index in [9.17, 15) is 14.4 Å². The Morgan fingerprint density at radius 1 is 1.09 bits per heavy atom. The quantitative estimate of drug-likeness (QED) is 0.554. The maximum atomic E-state index is 12.6. The van der Waals surface area contributed by atoms with Gasteiger partial charge >= 0.3 is 11.9 Å². The molecule has 0 aromatic heterocycles. The maximum Gasteiger partial charge on any atom is 0.328 e. The van der Waals surface area contributed by atoms with Crippen molar-refractivity contribution in [2.75, 3.05) is 26.2 Å². The lowest BCUT2D eigenvalue weighted by molar-refractivity contribution is -0.134. The number of hydrogen-bond donors (Lipinski definition) is 3. The zero-order chi connectivity index (χ0) is 23.1. The van der Waals surface area contributed by atoms with Crippen LogP contribution < -0.4 is 10.1 Å². The van der Waals surface area contributed by atoms with Crippen molar-refractivity contribution in [3.63, 3.8) is 0 Å². The minimum Gasteiger partial charge on any atom is -0.492 e. The first-order chi connectivity index (χ1) is 15.3. The fraction of sp³-hybridized carbons (Fsp3) is 0.522. The van der Waals surface area contributed by atoms with E-state index in [2.05, 4.69) is 10.2 Å². The molecule has 3 aliphatic rings. The first-order valence-electron chi connectivity index (χ1n) is 10.9. The molecule has 0 bridgehead atoms. The van der Waals surface area contributed by atoms with Crippen molar-refractivity contribution in [2.24, 2.45) is 0 Å². The van der Waals surface area contributed by atoms with Gasteiger partial charge in [-0.25, -0.2) is 9.59 Å². The average molecular weight is 465 g/mol. The van der Waals surface area contributed by atoms with Gasteiger partial charge in [0.05, 0.1) is 12.2 Å². The van der Waals surface area contributed by atoms with Crippen LogP contribution in [0, 0.1) is 0 Å². The molecule has 2 saturated heterocycles. The Kier molecular flexibility index (Phi) is 8.15. The van der Waals surface area contributed by atoms with Crippen molar-refractivity contribution < 1.29 is 29.3 Å². The van der Waals surface area contributed by atoms with Crippen LogP contribution in [0.3, 0.4) is 0 Å². The molecule has 0 aliphatic carbocycles. The van der Waals surface area contributed by atoms with Crippen molar-refractivity contribution >= 4 is 29.4 Å². The zero-order valence-corrected chi connectivity index (χ0v) is 18.7. The highest BCUT2D eigenvalue weighted by atomic mass is 35.5. The normalized spacial score (nSPS) is 18.8. The summed E-state index contributed by atoms with van der Waals surface area (Å²) in [6, 6.07) is 3.61. The molecule has 1 aromatic rings. The van der Waals surface area contributed by atoms with Gasteiger partial charge in [0, 0.05) is 34.8 Å². The van der Waals surface area contributed by atoms with Crippen LogP contribution in [0.15, 0.2) is 24.3 Å². The van der Waals surface area contributed by atoms with E-state index in [4.69, 9.17) is 26.6 Å². The second kappa shape index (κ2) is 10.8. The van der Waals surface area contributed by atoms with Crippen LogP contribution in [-0.2, 0) is 16.0 Å². The fourth-order valence-electron chi connectivity index (χ4n) is 4.88. The SMILES string of the molecule is O=C(NCCC12CCCN1CCC2)c1ccc(Cl)c2c1OCCC2.O=C(O)C=CC(=O)O. The topological polar surface area (TPSA) is 116 Å². The number of carboxylic acids is 2. The highest BCUT2D eigenvalue weighted by molar-refractivity contribution is 6.31. The Hall–Kier alpha value is -2.58. The van der Waals surface area contributed by atoms with Crippen molar-refractivity contribution in [1.82, 2.24) is 10.2 Å². The Bertz CT molecular complexity index is 875. The van der Waals surface area contributed by atoms with Crippen LogP contribution in [0.1, 0.15) is 54.4 Å². The molecule has 0 saturated carbocycles. The van der Waals surface area contributed by atoms with E-state index in [1.807, 2.05) is 6.07 Å². The molecular weight excluding hydrogens is 436 g/mol. The summed E-state index contributed by atoms with van der Waals surface area (Å²) in [5.41, 5.74) is 1.96. The van der Waals surface area contributed by atoms with E-state index >= 15 is 0 Å². The van der Waals surface area contributed by atoms with Crippen molar-refractivity contribution in [3.05, 3.63) is 40.4 Å². The number of ether oxygens (including phenoxy) is 1. The molecule has 0 spiro atoms. The van der Waals surface area contributed by atoms with Gasteiger partial charge in [-0.1, -0.05) is 11.6 Å². The van der Waals surface area contributed by atoms with E-state index < -0.39 is 11.9 Å². The number of fused-ring (bicyclic) bond motifs is 2. The third-order valence-electron chi connectivity index (χ3n) is 6.32. The van der Waals surface area contributed by atoms with Crippen LogP contribution in [0.25, 0.3) is 0 Å². The molecule has 174 valence electrons. The summed E-state index contributed by atoms with van der Waals surface area (Å²) in [4.78, 5) is 34.4. The summed E-state index contributed by atoms with van der Waals surface area (Å²) in [5, 5.41) is 19.4. The van der Waals surface area contributed by atoms with Gasteiger partial charge in [-0.05, 0) is 70.2 Å². The van der Waals surface area contributed by atoms with Crippen molar-refractivity contribution in [1.29, 1.82) is 0 Å². The van der Waals surface area contributed by atoms with Gasteiger partial charge in [0.2, 0.25) is 0 Å². The van der Waals surface area contributed by atoms with E-state index in [0.717, 1.165) is 31.4 Å².